The lowest BCUT2D eigenvalue weighted by atomic mass is 9.89. The molecule has 0 amide bonds. The number of nitrogens with zero attached hydrogens (tertiary/aromatic N) is 1. The Labute approximate surface area is 117 Å². The number of rotatable bonds is 6. The highest BCUT2D eigenvalue weighted by Crippen LogP contribution is 2.22. The van der Waals surface area contributed by atoms with Crippen LogP contribution >= 0.6 is 15.9 Å². The van der Waals surface area contributed by atoms with Crippen LogP contribution < -0.4 is 0 Å². The first-order valence-electron chi connectivity index (χ1n) is 5.93. The maximum atomic E-state index is 10.8. The van der Waals surface area contributed by atoms with Gasteiger partial charge in [-0.1, -0.05) is 41.9 Å². The summed E-state index contributed by atoms with van der Waals surface area (Å²) in [5.41, 5.74) is 1.02. The smallest absolute Gasteiger partial charge is 0.303 e. The van der Waals surface area contributed by atoms with E-state index in [1.54, 1.807) is 0 Å². The Morgan fingerprint density at radius 3 is 2.39 bits per heavy atom. The molecule has 0 heterocycles. The second-order valence-electron chi connectivity index (χ2n) is 5.53. The topological polar surface area (TPSA) is 40.5 Å². The molecule has 1 N–H and O–H groups in total. The first-order valence-corrected chi connectivity index (χ1v) is 6.72. The Hall–Kier alpha value is -0.870. The van der Waals surface area contributed by atoms with Crippen LogP contribution in [0.15, 0.2) is 28.7 Å². The summed E-state index contributed by atoms with van der Waals surface area (Å²) < 4.78 is 1.07. The molecule has 0 atom stereocenters. The monoisotopic (exact) mass is 313 g/mol. The predicted octanol–water partition coefficient (Wildman–Crippen LogP) is 3.38. The number of aliphatic carboxylic acids is 1. The van der Waals surface area contributed by atoms with E-state index in [0.717, 1.165) is 17.6 Å². The van der Waals surface area contributed by atoms with Crippen molar-refractivity contribution in [2.24, 2.45) is 5.41 Å². The highest BCUT2D eigenvalue weighted by Gasteiger charge is 2.23. The lowest BCUT2D eigenvalue weighted by Crippen LogP contribution is -2.32. The SMILES string of the molecule is CN(Cc1ccc(Br)cc1)CC(C)(C)CC(=O)O. The largest absolute Gasteiger partial charge is 0.481 e. The quantitative estimate of drug-likeness (QED) is 0.875. The van der Waals surface area contributed by atoms with Crippen molar-refractivity contribution < 1.29 is 9.90 Å². The molecule has 100 valence electrons. The molecule has 18 heavy (non-hydrogen) atoms. The summed E-state index contributed by atoms with van der Waals surface area (Å²) in [5, 5.41) is 8.86. The molecule has 3 nitrogen and oxygen atoms in total. The molecule has 0 aromatic heterocycles. The maximum absolute atomic E-state index is 10.8. The van der Waals surface area contributed by atoms with Gasteiger partial charge in [0.15, 0.2) is 0 Å². The van der Waals surface area contributed by atoms with Gasteiger partial charge >= 0.3 is 5.97 Å². The van der Waals surface area contributed by atoms with Crippen molar-refractivity contribution in [2.45, 2.75) is 26.8 Å². The number of hydrogen-bond acceptors (Lipinski definition) is 2. The third kappa shape index (κ3) is 5.65. The van der Waals surface area contributed by atoms with Crippen LogP contribution in [0.5, 0.6) is 0 Å². The molecule has 0 fully saturated rings. The van der Waals surface area contributed by atoms with Gasteiger partial charge in [-0.05, 0) is 30.2 Å². The highest BCUT2D eigenvalue weighted by molar-refractivity contribution is 9.10. The van der Waals surface area contributed by atoms with Gasteiger partial charge in [0.2, 0.25) is 0 Å². The van der Waals surface area contributed by atoms with E-state index >= 15 is 0 Å². The Morgan fingerprint density at radius 2 is 1.89 bits per heavy atom. The summed E-state index contributed by atoms with van der Waals surface area (Å²) in [7, 11) is 2.02. The minimum absolute atomic E-state index is 0.192. The fourth-order valence-electron chi connectivity index (χ4n) is 2.15. The fourth-order valence-corrected chi connectivity index (χ4v) is 2.42. The average molecular weight is 314 g/mol. The van der Waals surface area contributed by atoms with Crippen molar-refractivity contribution in [2.75, 3.05) is 13.6 Å². The van der Waals surface area contributed by atoms with Crippen molar-refractivity contribution in [3.63, 3.8) is 0 Å². The molecule has 1 rings (SSSR count). The van der Waals surface area contributed by atoms with Crippen LogP contribution in [0.2, 0.25) is 0 Å². The van der Waals surface area contributed by atoms with Crippen LogP contribution in [0.3, 0.4) is 0 Å². The molecule has 1 aromatic carbocycles. The predicted molar refractivity (Wildman–Crippen MR) is 76.5 cm³/mol. The van der Waals surface area contributed by atoms with Gasteiger partial charge in [0.05, 0.1) is 6.42 Å². The number of benzene rings is 1. The van der Waals surface area contributed by atoms with E-state index in [0.29, 0.717) is 0 Å². The van der Waals surface area contributed by atoms with E-state index < -0.39 is 5.97 Å². The molecule has 0 unspecified atom stereocenters. The fraction of sp³-hybridized carbons (Fsp3) is 0.500. The number of carboxylic acids is 1. The number of carbonyl (C=O) groups is 1. The summed E-state index contributed by atoms with van der Waals surface area (Å²) in [6.07, 6.45) is 0.192. The average Bonchev–Trinajstić information content (AvgIpc) is 2.18. The van der Waals surface area contributed by atoms with Gasteiger partial charge in [0, 0.05) is 17.6 Å². The van der Waals surface area contributed by atoms with Gasteiger partial charge in [-0.15, -0.1) is 0 Å². The van der Waals surface area contributed by atoms with Crippen molar-refractivity contribution in [1.82, 2.24) is 4.90 Å². The van der Waals surface area contributed by atoms with Crippen LogP contribution in [-0.2, 0) is 11.3 Å². The van der Waals surface area contributed by atoms with E-state index in [1.807, 2.05) is 33.0 Å². The zero-order chi connectivity index (χ0) is 13.8. The minimum Gasteiger partial charge on any atom is -0.481 e. The van der Waals surface area contributed by atoms with E-state index in [9.17, 15) is 4.79 Å². The lowest BCUT2D eigenvalue weighted by Gasteiger charge is -2.29. The second kappa shape index (κ2) is 6.34. The summed E-state index contributed by atoms with van der Waals surface area (Å²) in [6, 6.07) is 8.19. The molecule has 0 radical (unpaired) electrons. The molecule has 4 heteroatoms. The van der Waals surface area contributed by atoms with Gasteiger partial charge in [0.25, 0.3) is 0 Å². The molecule has 0 saturated heterocycles. The van der Waals surface area contributed by atoms with Gasteiger partial charge in [0.1, 0.15) is 0 Å². The van der Waals surface area contributed by atoms with Gasteiger partial charge in [-0.25, -0.2) is 0 Å². The molecule has 0 aliphatic carbocycles. The number of carboxylic acid groups (broad SMARTS) is 1. The normalized spacial score (nSPS) is 11.8. The molecule has 0 bridgehead atoms. The Balaban J connectivity index is 2.53. The van der Waals surface area contributed by atoms with Crippen LogP contribution in [-0.4, -0.2) is 29.6 Å². The zero-order valence-corrected chi connectivity index (χ0v) is 12.7. The van der Waals surface area contributed by atoms with E-state index in [4.69, 9.17) is 5.11 Å². The Kier molecular flexibility index (Phi) is 5.35. The van der Waals surface area contributed by atoms with Gasteiger partial charge in [-0.2, -0.15) is 0 Å². The maximum Gasteiger partial charge on any atom is 0.303 e. The third-order valence-corrected chi connectivity index (χ3v) is 3.22. The van der Waals surface area contributed by atoms with Crippen LogP contribution in [0.4, 0.5) is 0 Å². The van der Waals surface area contributed by atoms with Crippen LogP contribution in [0, 0.1) is 5.41 Å². The summed E-state index contributed by atoms with van der Waals surface area (Å²) in [6.45, 7) is 5.56. The van der Waals surface area contributed by atoms with Crippen molar-refractivity contribution in [3.8, 4) is 0 Å². The van der Waals surface area contributed by atoms with Gasteiger partial charge < -0.3 is 10.0 Å². The van der Waals surface area contributed by atoms with Crippen LogP contribution in [0.1, 0.15) is 25.8 Å². The molecule has 1 aromatic rings. The van der Waals surface area contributed by atoms with Crippen LogP contribution in [0.25, 0.3) is 0 Å². The van der Waals surface area contributed by atoms with Crippen molar-refractivity contribution in [1.29, 1.82) is 0 Å². The number of hydrogen-bond donors (Lipinski definition) is 1. The number of halogens is 1. The molecule has 0 aliphatic heterocycles. The van der Waals surface area contributed by atoms with E-state index in [1.165, 1.54) is 5.56 Å². The second-order valence-corrected chi connectivity index (χ2v) is 6.45. The zero-order valence-electron chi connectivity index (χ0n) is 11.1. The molecule has 0 spiro atoms. The lowest BCUT2D eigenvalue weighted by molar-refractivity contribution is -0.139. The molecule has 0 aliphatic rings. The first-order chi connectivity index (χ1) is 8.28. The molecular weight excluding hydrogens is 294 g/mol. The summed E-state index contributed by atoms with van der Waals surface area (Å²) in [4.78, 5) is 12.9. The van der Waals surface area contributed by atoms with Gasteiger partial charge in [-0.3, -0.25) is 4.79 Å². The van der Waals surface area contributed by atoms with E-state index in [-0.39, 0.29) is 11.8 Å². The van der Waals surface area contributed by atoms with E-state index in [2.05, 4.69) is 33.0 Å². The molecular formula is C14H20BrNO2. The summed E-state index contributed by atoms with van der Waals surface area (Å²) >= 11 is 3.41. The Bertz CT molecular complexity index is 401. The standard InChI is InChI=1S/C14H20BrNO2/c1-14(2,8-13(17)18)10-16(3)9-11-4-6-12(15)7-5-11/h4-7H,8-10H2,1-3H3,(H,17,18). The third-order valence-electron chi connectivity index (χ3n) is 2.69. The summed E-state index contributed by atoms with van der Waals surface area (Å²) in [5.74, 6) is -0.739. The Morgan fingerprint density at radius 1 is 1.33 bits per heavy atom. The van der Waals surface area contributed by atoms with Crippen molar-refractivity contribution in [3.05, 3.63) is 34.3 Å². The van der Waals surface area contributed by atoms with Crippen molar-refractivity contribution >= 4 is 21.9 Å². The highest BCUT2D eigenvalue weighted by atomic mass is 79.9. The molecule has 0 saturated carbocycles. The minimum atomic E-state index is -0.739. The first kappa shape index (κ1) is 15.2.